The Morgan fingerprint density at radius 1 is 1.44 bits per heavy atom. The summed E-state index contributed by atoms with van der Waals surface area (Å²) in [5.41, 5.74) is 5.23. The van der Waals surface area contributed by atoms with E-state index in [9.17, 15) is 5.11 Å². The number of aliphatic hydroxyl groups is 1. The molecule has 16 heavy (non-hydrogen) atoms. The summed E-state index contributed by atoms with van der Waals surface area (Å²) in [5.74, 6) is 0.323. The first kappa shape index (κ1) is 11.7. The van der Waals surface area contributed by atoms with E-state index in [1.807, 2.05) is 6.92 Å². The van der Waals surface area contributed by atoms with Crippen LogP contribution in [0.25, 0.3) is 0 Å². The molecule has 1 unspecified atom stereocenters. The molecule has 92 valence electrons. The third-order valence-electron chi connectivity index (χ3n) is 3.73. The summed E-state index contributed by atoms with van der Waals surface area (Å²) in [6, 6.07) is 0. The highest BCUT2D eigenvalue weighted by Crippen LogP contribution is 2.49. The van der Waals surface area contributed by atoms with Crippen LogP contribution in [0.3, 0.4) is 0 Å². The van der Waals surface area contributed by atoms with Gasteiger partial charge in [-0.2, -0.15) is 0 Å². The molecule has 0 bridgehead atoms. The van der Waals surface area contributed by atoms with Crippen LogP contribution in [0.1, 0.15) is 32.6 Å². The highest BCUT2D eigenvalue weighted by molar-refractivity contribution is 5.80. The van der Waals surface area contributed by atoms with Crippen molar-refractivity contribution in [2.75, 3.05) is 19.6 Å². The Bertz CT molecular complexity index is 298. The minimum absolute atomic E-state index is 0.205. The van der Waals surface area contributed by atoms with Gasteiger partial charge < -0.3 is 16.0 Å². The molecular formula is C11H21N3O2. The Morgan fingerprint density at radius 3 is 2.56 bits per heavy atom. The van der Waals surface area contributed by atoms with Gasteiger partial charge in [0.25, 0.3) is 0 Å². The van der Waals surface area contributed by atoms with Crippen LogP contribution in [-0.2, 0) is 0 Å². The predicted molar refractivity (Wildman–Crippen MR) is 61.4 cm³/mol. The van der Waals surface area contributed by atoms with Gasteiger partial charge in [0.1, 0.15) is 5.84 Å². The second kappa shape index (κ2) is 3.89. The maximum Gasteiger partial charge on any atom is 0.139 e. The molecule has 1 aliphatic carbocycles. The Kier molecular flexibility index (Phi) is 2.84. The number of β-amino-alcohol motifs (C(OH)–C–C–N with tert-alkyl or cyclic N) is 1. The highest BCUT2D eigenvalue weighted by Gasteiger charge is 2.46. The molecule has 1 saturated heterocycles. The summed E-state index contributed by atoms with van der Waals surface area (Å²) in [4.78, 5) is 2.29. The van der Waals surface area contributed by atoms with Crippen LogP contribution in [0.4, 0.5) is 0 Å². The van der Waals surface area contributed by atoms with Crippen LogP contribution in [0.5, 0.6) is 0 Å². The zero-order chi connectivity index (χ0) is 11.8. The van der Waals surface area contributed by atoms with Crippen LogP contribution in [0.15, 0.2) is 5.16 Å². The van der Waals surface area contributed by atoms with Crippen molar-refractivity contribution in [2.45, 2.75) is 38.2 Å². The van der Waals surface area contributed by atoms with Gasteiger partial charge in [-0.25, -0.2) is 0 Å². The van der Waals surface area contributed by atoms with E-state index in [1.165, 1.54) is 0 Å². The molecule has 2 rings (SSSR count). The molecule has 2 fully saturated rings. The Labute approximate surface area is 95.9 Å². The minimum atomic E-state index is -0.535. The van der Waals surface area contributed by atoms with Crippen molar-refractivity contribution in [1.82, 2.24) is 4.90 Å². The van der Waals surface area contributed by atoms with E-state index in [-0.39, 0.29) is 5.41 Å². The van der Waals surface area contributed by atoms with Crippen LogP contribution in [0.2, 0.25) is 0 Å². The van der Waals surface area contributed by atoms with E-state index >= 15 is 0 Å². The molecule has 0 radical (unpaired) electrons. The molecular weight excluding hydrogens is 206 g/mol. The smallest absolute Gasteiger partial charge is 0.139 e. The monoisotopic (exact) mass is 227 g/mol. The van der Waals surface area contributed by atoms with Crippen molar-refractivity contribution in [2.24, 2.45) is 16.3 Å². The molecule has 0 spiro atoms. The predicted octanol–water partition coefficient (Wildman–Crippen LogP) is 0.360. The number of hydrogen-bond donors (Lipinski definition) is 3. The van der Waals surface area contributed by atoms with Gasteiger partial charge in [0.2, 0.25) is 0 Å². The SMILES string of the molecule is CC1(O)CCN(CC2(CC(N)=NO)CC2)C1. The molecule has 0 aromatic carbocycles. The minimum Gasteiger partial charge on any atom is -0.409 e. The van der Waals surface area contributed by atoms with Crippen LogP contribution in [0, 0.1) is 5.41 Å². The molecule has 4 N–H and O–H groups in total. The lowest BCUT2D eigenvalue weighted by atomic mass is 10.0. The number of rotatable bonds is 4. The van der Waals surface area contributed by atoms with Crippen LogP contribution in [-0.4, -0.2) is 46.3 Å². The van der Waals surface area contributed by atoms with Gasteiger partial charge in [-0.15, -0.1) is 0 Å². The number of oxime groups is 1. The number of likely N-dealkylation sites (tertiary alicyclic amines) is 1. The molecule has 1 heterocycles. The summed E-state index contributed by atoms with van der Waals surface area (Å²) in [7, 11) is 0. The maximum absolute atomic E-state index is 9.88. The van der Waals surface area contributed by atoms with Crippen molar-refractivity contribution in [1.29, 1.82) is 0 Å². The average molecular weight is 227 g/mol. The van der Waals surface area contributed by atoms with E-state index in [0.717, 1.165) is 38.9 Å². The lowest BCUT2D eigenvalue weighted by Crippen LogP contribution is -2.34. The summed E-state index contributed by atoms with van der Waals surface area (Å²) in [6.07, 6.45) is 3.79. The Hall–Kier alpha value is -0.810. The topological polar surface area (TPSA) is 82.1 Å². The molecule has 0 amide bonds. The van der Waals surface area contributed by atoms with Gasteiger partial charge in [-0.1, -0.05) is 5.16 Å². The molecule has 1 aliphatic heterocycles. The van der Waals surface area contributed by atoms with Gasteiger partial charge in [-0.3, -0.25) is 4.90 Å². The van der Waals surface area contributed by atoms with Crippen molar-refractivity contribution in [3.63, 3.8) is 0 Å². The fourth-order valence-electron chi connectivity index (χ4n) is 2.64. The quantitative estimate of drug-likeness (QED) is 0.280. The van der Waals surface area contributed by atoms with E-state index in [2.05, 4.69) is 10.1 Å². The summed E-state index contributed by atoms with van der Waals surface area (Å²) < 4.78 is 0. The average Bonchev–Trinajstić information content (AvgIpc) is 2.85. The molecule has 1 saturated carbocycles. The molecule has 1 atom stereocenters. The van der Waals surface area contributed by atoms with Crippen LogP contribution < -0.4 is 5.73 Å². The van der Waals surface area contributed by atoms with Gasteiger partial charge >= 0.3 is 0 Å². The van der Waals surface area contributed by atoms with Gasteiger partial charge in [0.05, 0.1) is 5.60 Å². The first-order chi connectivity index (χ1) is 7.45. The van der Waals surface area contributed by atoms with Gasteiger partial charge in [-0.05, 0) is 31.6 Å². The fraction of sp³-hybridized carbons (Fsp3) is 0.909. The van der Waals surface area contributed by atoms with E-state index < -0.39 is 5.60 Å². The van der Waals surface area contributed by atoms with Crippen molar-refractivity contribution >= 4 is 5.84 Å². The number of hydrogen-bond acceptors (Lipinski definition) is 4. The molecule has 0 aromatic heterocycles. The van der Waals surface area contributed by atoms with Crippen molar-refractivity contribution < 1.29 is 10.3 Å². The first-order valence-electron chi connectivity index (χ1n) is 5.86. The molecule has 5 nitrogen and oxygen atoms in total. The van der Waals surface area contributed by atoms with Gasteiger partial charge in [0, 0.05) is 26.1 Å². The second-order valence-electron chi connectivity index (χ2n) is 5.73. The van der Waals surface area contributed by atoms with E-state index in [4.69, 9.17) is 10.9 Å². The lowest BCUT2D eigenvalue weighted by molar-refractivity contribution is 0.0661. The maximum atomic E-state index is 9.88. The standard InChI is InChI=1S/C11H21N3O2/c1-10(15)4-5-14(7-10)8-11(2-3-11)6-9(12)13-16/h15-16H,2-8H2,1H3,(H2,12,13). The zero-order valence-corrected chi connectivity index (χ0v) is 9.82. The highest BCUT2D eigenvalue weighted by atomic mass is 16.4. The Balaban J connectivity index is 1.86. The molecule has 5 heteroatoms. The normalized spacial score (nSPS) is 34.2. The molecule has 0 aromatic rings. The van der Waals surface area contributed by atoms with E-state index in [1.54, 1.807) is 0 Å². The Morgan fingerprint density at radius 2 is 2.12 bits per heavy atom. The fourth-order valence-corrected chi connectivity index (χ4v) is 2.64. The lowest BCUT2D eigenvalue weighted by Gasteiger charge is -2.24. The zero-order valence-electron chi connectivity index (χ0n) is 9.82. The summed E-state index contributed by atoms with van der Waals surface area (Å²) in [5, 5.41) is 21.5. The summed E-state index contributed by atoms with van der Waals surface area (Å²) >= 11 is 0. The summed E-state index contributed by atoms with van der Waals surface area (Å²) in [6.45, 7) is 4.53. The number of nitrogens with two attached hydrogens (primary N) is 1. The third kappa shape index (κ3) is 2.65. The first-order valence-corrected chi connectivity index (χ1v) is 5.86. The van der Waals surface area contributed by atoms with Crippen LogP contribution >= 0.6 is 0 Å². The third-order valence-corrected chi connectivity index (χ3v) is 3.73. The van der Waals surface area contributed by atoms with Crippen molar-refractivity contribution in [3.05, 3.63) is 0 Å². The number of amidine groups is 1. The van der Waals surface area contributed by atoms with Gasteiger partial charge in [0.15, 0.2) is 0 Å². The largest absolute Gasteiger partial charge is 0.409 e. The molecule has 2 aliphatic rings. The van der Waals surface area contributed by atoms with E-state index in [0.29, 0.717) is 12.3 Å². The number of nitrogens with zero attached hydrogens (tertiary/aromatic N) is 2. The second-order valence-corrected chi connectivity index (χ2v) is 5.73. The van der Waals surface area contributed by atoms with Crippen molar-refractivity contribution in [3.8, 4) is 0 Å².